The molecule has 5 atom stereocenters. The van der Waals surface area contributed by atoms with Gasteiger partial charge in [-0.15, -0.1) is 23.2 Å². The Morgan fingerprint density at radius 2 is 1.80 bits per heavy atom. The summed E-state index contributed by atoms with van der Waals surface area (Å²) in [4.78, 5) is 38.7. The fourth-order valence-corrected chi connectivity index (χ4v) is 7.27. The fraction of sp³-hybridized carbons (Fsp3) is 0.667. The first-order valence-corrected chi connectivity index (χ1v) is 13.7. The van der Waals surface area contributed by atoms with Crippen molar-refractivity contribution in [2.24, 2.45) is 17.3 Å². The highest BCUT2D eigenvalue weighted by Crippen LogP contribution is 2.62. The Kier molecular flexibility index (Phi) is 7.57. The number of carbonyl (C=O) groups is 3. The lowest BCUT2D eigenvalue weighted by molar-refractivity contribution is -0.127. The van der Waals surface area contributed by atoms with E-state index in [-0.39, 0.29) is 40.6 Å². The van der Waals surface area contributed by atoms with E-state index in [1.165, 1.54) is 32.2 Å². The van der Waals surface area contributed by atoms with Gasteiger partial charge in [0, 0.05) is 28.9 Å². The van der Waals surface area contributed by atoms with Gasteiger partial charge in [0.15, 0.2) is 5.76 Å². The molecule has 6 nitrogen and oxygen atoms in total. The van der Waals surface area contributed by atoms with Crippen LogP contribution in [0.3, 0.4) is 0 Å². The Morgan fingerprint density at radius 1 is 1.14 bits per heavy atom. The number of halogens is 2. The van der Waals surface area contributed by atoms with Crippen molar-refractivity contribution in [2.75, 3.05) is 18.4 Å². The highest BCUT2D eigenvalue weighted by atomic mass is 35.5. The summed E-state index contributed by atoms with van der Waals surface area (Å²) in [6.07, 6.45) is 6.45. The molecule has 0 amide bonds. The van der Waals surface area contributed by atoms with Crippen LogP contribution in [0.5, 0.6) is 0 Å². The van der Waals surface area contributed by atoms with E-state index < -0.39 is 16.8 Å². The maximum Gasteiger partial charge on any atom is 0.342 e. The molecule has 6 rings (SSSR count). The van der Waals surface area contributed by atoms with Crippen molar-refractivity contribution in [3.8, 4) is 0 Å². The highest BCUT2D eigenvalue weighted by molar-refractivity contribution is 6.40. The third-order valence-corrected chi connectivity index (χ3v) is 8.69. The summed E-state index contributed by atoms with van der Waals surface area (Å²) in [6.45, 7) is 10.7. The zero-order valence-corrected chi connectivity index (χ0v) is 22.5. The number of alkyl halides is 2. The van der Waals surface area contributed by atoms with Gasteiger partial charge in [-0.2, -0.15) is 0 Å². The fourth-order valence-electron chi connectivity index (χ4n) is 7.27. The minimum atomic E-state index is -0.573. The van der Waals surface area contributed by atoms with Crippen LogP contribution < -0.4 is 5.32 Å². The zero-order valence-electron chi connectivity index (χ0n) is 21.0. The number of nitrogens with one attached hydrogen (secondary N) is 1. The molecule has 5 aliphatic rings. The molecule has 192 valence electrons. The van der Waals surface area contributed by atoms with Gasteiger partial charge < -0.3 is 14.5 Å². The maximum absolute atomic E-state index is 13.5. The van der Waals surface area contributed by atoms with E-state index in [4.69, 9.17) is 32.4 Å². The number of carbonyl (C=O) groups excluding carboxylic acids is 3. The van der Waals surface area contributed by atoms with Gasteiger partial charge in [0.2, 0.25) is 5.78 Å². The molecular weight excluding hydrogens is 489 g/mol. The van der Waals surface area contributed by atoms with Gasteiger partial charge in [0.1, 0.15) is 23.7 Å². The SMILES string of the molecule is C1CCNC1.CC[C@H]1OC(=O)c2coc3c2[C@@]1(C)C1=C(C3=O)[C@@H]2CCC(=O)[C@@]2(C)C[C@H]1C.ClCCl. The molecule has 1 N–H and O–H groups in total. The van der Waals surface area contributed by atoms with Crippen molar-refractivity contribution >= 4 is 40.7 Å². The third-order valence-electron chi connectivity index (χ3n) is 8.69. The molecule has 0 aromatic carbocycles. The first-order chi connectivity index (χ1) is 16.7. The summed E-state index contributed by atoms with van der Waals surface area (Å²) < 4.78 is 11.4. The number of ketones is 2. The molecular formula is C27H35Cl2NO5. The Morgan fingerprint density at radius 3 is 2.37 bits per heavy atom. The number of esters is 1. The normalized spacial score (nSPS) is 34.7. The number of fused-ring (bicyclic) bond motifs is 3. The van der Waals surface area contributed by atoms with Crippen molar-refractivity contribution in [3.05, 3.63) is 34.3 Å². The van der Waals surface area contributed by atoms with Gasteiger partial charge in [-0.1, -0.05) is 20.8 Å². The Labute approximate surface area is 217 Å². The lowest BCUT2D eigenvalue weighted by Gasteiger charge is -2.52. The van der Waals surface area contributed by atoms with E-state index in [1.807, 2.05) is 13.8 Å². The molecule has 3 heterocycles. The van der Waals surface area contributed by atoms with Gasteiger partial charge in [-0.05, 0) is 63.6 Å². The van der Waals surface area contributed by atoms with Crippen LogP contribution in [0, 0.1) is 17.3 Å². The molecule has 0 unspecified atom stereocenters. The van der Waals surface area contributed by atoms with Gasteiger partial charge in [-0.25, -0.2) is 4.79 Å². The molecule has 8 heteroatoms. The number of allylic oxidation sites excluding steroid dienone is 1. The smallest absolute Gasteiger partial charge is 0.342 e. The number of rotatable bonds is 1. The number of furan rings is 1. The van der Waals surface area contributed by atoms with Crippen LogP contribution in [0.1, 0.15) is 92.7 Å². The van der Waals surface area contributed by atoms with Crippen LogP contribution in [-0.2, 0) is 14.9 Å². The molecule has 2 aliphatic heterocycles. The van der Waals surface area contributed by atoms with E-state index in [0.717, 1.165) is 17.6 Å². The predicted octanol–water partition coefficient (Wildman–Crippen LogP) is 5.80. The molecule has 35 heavy (non-hydrogen) atoms. The van der Waals surface area contributed by atoms with Crippen molar-refractivity contribution in [1.29, 1.82) is 0 Å². The molecule has 0 bridgehead atoms. The monoisotopic (exact) mass is 523 g/mol. The average Bonchev–Trinajstić information content (AvgIpc) is 3.57. The minimum Gasteiger partial charge on any atom is -0.460 e. The summed E-state index contributed by atoms with van der Waals surface area (Å²) in [7, 11) is 0. The molecule has 0 spiro atoms. The van der Waals surface area contributed by atoms with Crippen molar-refractivity contribution in [3.63, 3.8) is 0 Å². The average molecular weight is 524 g/mol. The second-order valence-corrected chi connectivity index (χ2v) is 11.4. The third kappa shape index (κ3) is 4.00. The Hall–Kier alpha value is -1.63. The summed E-state index contributed by atoms with van der Waals surface area (Å²) in [5.74, 6) is -0.0123. The zero-order chi connectivity index (χ0) is 25.5. The molecule has 1 saturated heterocycles. The molecule has 3 aliphatic carbocycles. The molecule has 1 saturated carbocycles. The standard InChI is InChI=1S/C22H24O5.C4H9N.CH2Cl2/c1-5-14-22(4)16-10(2)8-21(3)12(6-7-13(21)23)15(16)18(24)19-17(22)11(9-26-19)20(25)27-14;1-2-4-5-3-1;2-1-3/h9-10,12,14H,5-8H2,1-4H3;5H,1-4H2;1H2/t10-,12+,14-,21+,22-;;/m1../s1. The van der Waals surface area contributed by atoms with Crippen LogP contribution in [0.4, 0.5) is 0 Å². The lowest BCUT2D eigenvalue weighted by Crippen LogP contribution is -2.53. The van der Waals surface area contributed by atoms with Crippen molar-refractivity contribution in [2.45, 2.75) is 77.7 Å². The second-order valence-electron chi connectivity index (χ2n) is 10.6. The van der Waals surface area contributed by atoms with Crippen LogP contribution in [0.25, 0.3) is 0 Å². The highest BCUT2D eigenvalue weighted by Gasteiger charge is 2.62. The van der Waals surface area contributed by atoms with E-state index in [2.05, 4.69) is 19.2 Å². The van der Waals surface area contributed by atoms with E-state index in [1.54, 1.807) is 0 Å². The number of hydrogen-bond donors (Lipinski definition) is 1. The van der Waals surface area contributed by atoms with Crippen LogP contribution in [0.2, 0.25) is 0 Å². The summed E-state index contributed by atoms with van der Waals surface area (Å²) in [5, 5.41) is 3.42. The van der Waals surface area contributed by atoms with Crippen LogP contribution >= 0.6 is 23.2 Å². The largest absolute Gasteiger partial charge is 0.460 e. The van der Waals surface area contributed by atoms with Crippen molar-refractivity contribution in [1.82, 2.24) is 5.32 Å². The van der Waals surface area contributed by atoms with E-state index in [9.17, 15) is 14.4 Å². The Bertz CT molecular complexity index is 1050. The van der Waals surface area contributed by atoms with Crippen molar-refractivity contribution < 1.29 is 23.5 Å². The second kappa shape index (κ2) is 10.0. The topological polar surface area (TPSA) is 85.6 Å². The van der Waals surface area contributed by atoms with E-state index in [0.29, 0.717) is 30.4 Å². The van der Waals surface area contributed by atoms with Crippen LogP contribution in [-0.4, -0.2) is 42.1 Å². The first-order valence-electron chi connectivity index (χ1n) is 12.6. The summed E-state index contributed by atoms with van der Waals surface area (Å²) in [6, 6.07) is 0. The van der Waals surface area contributed by atoms with Crippen LogP contribution in [0.15, 0.2) is 21.8 Å². The van der Waals surface area contributed by atoms with Gasteiger partial charge >= 0.3 is 5.97 Å². The predicted molar refractivity (Wildman–Crippen MR) is 135 cm³/mol. The van der Waals surface area contributed by atoms with Gasteiger partial charge in [-0.3, -0.25) is 9.59 Å². The minimum absolute atomic E-state index is 0.0685. The lowest BCUT2D eigenvalue weighted by atomic mass is 9.52. The quantitative estimate of drug-likeness (QED) is 0.370. The molecule has 0 radical (unpaired) electrons. The maximum atomic E-state index is 13.5. The number of Topliss-reactive ketones (excluding diaryl/α,β-unsaturated/α-hetero) is 2. The van der Waals surface area contributed by atoms with Gasteiger partial charge in [0.25, 0.3) is 0 Å². The number of cyclic esters (lactones) is 1. The Balaban J connectivity index is 0.000000312. The van der Waals surface area contributed by atoms with Gasteiger partial charge in [0.05, 0.1) is 10.8 Å². The molecule has 1 aromatic rings. The summed E-state index contributed by atoms with van der Waals surface area (Å²) >= 11 is 9.53. The van der Waals surface area contributed by atoms with E-state index >= 15 is 0 Å². The molecule has 1 aromatic heterocycles. The number of ether oxygens (including phenoxy) is 1. The number of hydrogen-bond acceptors (Lipinski definition) is 6. The first kappa shape index (κ1) is 26.4. The summed E-state index contributed by atoms with van der Waals surface area (Å²) in [5.41, 5.74) is 1.85. The molecule has 2 fully saturated rings.